The van der Waals surface area contributed by atoms with Gasteiger partial charge in [-0.2, -0.15) is 0 Å². The van der Waals surface area contributed by atoms with E-state index in [1.807, 2.05) is 58.0 Å². The number of aliphatic imine (C=N–C) groups is 1. The molecule has 3 N–H and O–H groups in total. The zero-order chi connectivity index (χ0) is 26.3. The lowest BCUT2D eigenvalue weighted by Gasteiger charge is -2.14. The van der Waals surface area contributed by atoms with Crippen molar-refractivity contribution in [2.75, 3.05) is 11.9 Å². The Labute approximate surface area is 214 Å². The smallest absolute Gasteiger partial charge is 0.328 e. The second-order valence-electron chi connectivity index (χ2n) is 9.06. The maximum atomic E-state index is 12.4. The summed E-state index contributed by atoms with van der Waals surface area (Å²) >= 11 is 0. The number of nitrogens with zero attached hydrogens (tertiary/aromatic N) is 2. The van der Waals surface area contributed by atoms with E-state index in [0.29, 0.717) is 31.6 Å². The number of aryl methyl sites for hydroxylation is 2. The number of benzene rings is 1. The topological polar surface area (TPSA) is 113 Å². The van der Waals surface area contributed by atoms with Crippen LogP contribution in [0.25, 0.3) is 0 Å². The minimum absolute atomic E-state index is 0.225. The summed E-state index contributed by atoms with van der Waals surface area (Å²) in [7, 11) is -3.82. The summed E-state index contributed by atoms with van der Waals surface area (Å²) in [5, 5.41) is 5.99. The summed E-state index contributed by atoms with van der Waals surface area (Å²) < 4.78 is 26.8. The number of hydrogen-bond acceptors (Lipinski definition) is 6. The Morgan fingerprint density at radius 3 is 2.44 bits per heavy atom. The Bertz CT molecular complexity index is 1310. The highest BCUT2D eigenvalue weighted by Gasteiger charge is 2.21. The number of hydrogen-bond donors (Lipinski definition) is 3. The molecule has 3 rings (SSSR count). The van der Waals surface area contributed by atoms with Crippen molar-refractivity contribution in [3.05, 3.63) is 69.8 Å². The van der Waals surface area contributed by atoms with Crippen LogP contribution in [0.2, 0.25) is 0 Å². The number of carbonyl (C=O) groups excluding carboxylic acids is 1. The standard InChI is InChI=1S/C27H35N5O3S/c1-6-20(4)29-25-19(3)17-21(5)30-26(25)31-23-11-9-22(10-12-23)15-16-28-27(33)32-36(34,35)24-13-7-18(2)8-14-24/h7,9-13,17H,6,8,14-16H2,1-5H3,(H,30,31)(H2,28,32,33). The molecule has 1 aromatic carbocycles. The van der Waals surface area contributed by atoms with Gasteiger partial charge in [-0.3, -0.25) is 4.99 Å². The Kier molecular flexibility index (Phi) is 9.03. The maximum Gasteiger partial charge on any atom is 0.328 e. The second-order valence-corrected chi connectivity index (χ2v) is 10.8. The van der Waals surface area contributed by atoms with Crippen molar-refractivity contribution >= 4 is 39.0 Å². The Morgan fingerprint density at radius 1 is 1.08 bits per heavy atom. The first-order valence-electron chi connectivity index (χ1n) is 12.1. The van der Waals surface area contributed by atoms with Gasteiger partial charge in [-0.25, -0.2) is 22.9 Å². The Balaban J connectivity index is 1.57. The van der Waals surface area contributed by atoms with E-state index in [1.165, 1.54) is 0 Å². The van der Waals surface area contributed by atoms with E-state index in [0.717, 1.165) is 45.9 Å². The number of rotatable bonds is 9. The highest BCUT2D eigenvalue weighted by atomic mass is 32.2. The first kappa shape index (κ1) is 27.1. The number of nitrogens with one attached hydrogen (secondary N) is 3. The minimum Gasteiger partial charge on any atom is -0.338 e. The molecule has 2 aromatic rings. The second kappa shape index (κ2) is 12.0. The van der Waals surface area contributed by atoms with Gasteiger partial charge >= 0.3 is 6.03 Å². The summed E-state index contributed by atoms with van der Waals surface area (Å²) in [6.07, 6.45) is 5.82. The number of carbonyl (C=O) groups is 1. The highest BCUT2D eigenvalue weighted by Crippen LogP contribution is 2.31. The van der Waals surface area contributed by atoms with E-state index in [1.54, 1.807) is 12.2 Å². The zero-order valence-corrected chi connectivity index (χ0v) is 22.4. The van der Waals surface area contributed by atoms with Crippen molar-refractivity contribution in [2.45, 2.75) is 60.3 Å². The molecular weight excluding hydrogens is 474 g/mol. The number of urea groups is 1. The van der Waals surface area contributed by atoms with E-state index in [9.17, 15) is 13.2 Å². The zero-order valence-electron chi connectivity index (χ0n) is 21.6. The normalized spacial score (nSPS) is 14.1. The van der Waals surface area contributed by atoms with Crippen LogP contribution in [0.1, 0.15) is 56.9 Å². The van der Waals surface area contributed by atoms with Crippen LogP contribution in [0.5, 0.6) is 0 Å². The van der Waals surface area contributed by atoms with E-state index in [2.05, 4.69) is 27.3 Å². The first-order valence-corrected chi connectivity index (χ1v) is 13.6. The van der Waals surface area contributed by atoms with Crippen LogP contribution in [0, 0.1) is 13.8 Å². The molecule has 0 spiro atoms. The van der Waals surface area contributed by atoms with Crippen LogP contribution in [0.4, 0.5) is 22.0 Å². The average Bonchev–Trinajstić information content (AvgIpc) is 2.82. The quantitative estimate of drug-likeness (QED) is 0.373. The number of sulfonamides is 1. The van der Waals surface area contributed by atoms with Gasteiger partial charge in [0.2, 0.25) is 0 Å². The van der Waals surface area contributed by atoms with Crippen molar-refractivity contribution in [1.82, 2.24) is 15.0 Å². The number of pyridine rings is 1. The molecule has 0 fully saturated rings. The van der Waals surface area contributed by atoms with Crippen molar-refractivity contribution in [2.24, 2.45) is 4.99 Å². The van der Waals surface area contributed by atoms with Crippen LogP contribution in [0.15, 0.2) is 58.0 Å². The number of allylic oxidation sites excluding steroid dienone is 4. The van der Waals surface area contributed by atoms with Crippen LogP contribution < -0.4 is 15.4 Å². The van der Waals surface area contributed by atoms with Crippen molar-refractivity contribution < 1.29 is 13.2 Å². The van der Waals surface area contributed by atoms with E-state index in [4.69, 9.17) is 4.99 Å². The number of aromatic nitrogens is 1. The molecule has 36 heavy (non-hydrogen) atoms. The average molecular weight is 510 g/mol. The molecule has 0 saturated carbocycles. The van der Waals surface area contributed by atoms with Gasteiger partial charge in [0.25, 0.3) is 10.0 Å². The van der Waals surface area contributed by atoms with Gasteiger partial charge < -0.3 is 10.6 Å². The van der Waals surface area contributed by atoms with E-state index >= 15 is 0 Å². The molecule has 1 aromatic heterocycles. The molecule has 0 saturated heterocycles. The molecule has 1 heterocycles. The largest absolute Gasteiger partial charge is 0.338 e. The number of amides is 2. The fourth-order valence-corrected chi connectivity index (χ4v) is 4.78. The molecule has 2 amide bonds. The lowest BCUT2D eigenvalue weighted by molar-refractivity contribution is 0.246. The molecule has 8 nitrogen and oxygen atoms in total. The monoisotopic (exact) mass is 509 g/mol. The Hall–Kier alpha value is -3.46. The van der Waals surface area contributed by atoms with Crippen LogP contribution in [-0.4, -0.2) is 31.7 Å². The van der Waals surface area contributed by atoms with Crippen LogP contribution >= 0.6 is 0 Å². The van der Waals surface area contributed by atoms with E-state index in [-0.39, 0.29) is 4.91 Å². The molecule has 0 unspecified atom stereocenters. The molecule has 1 aliphatic carbocycles. The first-order chi connectivity index (χ1) is 17.1. The molecule has 0 bridgehead atoms. The van der Waals surface area contributed by atoms with Crippen molar-refractivity contribution in [1.29, 1.82) is 0 Å². The van der Waals surface area contributed by atoms with Gasteiger partial charge in [0.1, 0.15) is 5.69 Å². The lowest BCUT2D eigenvalue weighted by Crippen LogP contribution is -2.40. The van der Waals surface area contributed by atoms with Crippen LogP contribution in [-0.2, 0) is 16.4 Å². The lowest BCUT2D eigenvalue weighted by atomic mass is 10.1. The van der Waals surface area contributed by atoms with Crippen molar-refractivity contribution in [3.63, 3.8) is 0 Å². The molecule has 0 radical (unpaired) electrons. The summed E-state index contributed by atoms with van der Waals surface area (Å²) in [4.78, 5) is 21.7. The molecule has 192 valence electrons. The molecular formula is C27H35N5O3S. The fourth-order valence-electron chi connectivity index (χ4n) is 3.71. The SMILES string of the molecule is CCC(C)=Nc1c(C)cc(C)nc1Nc1ccc(CCNC(=O)NS(=O)(=O)C2=CC=C(C)CC2)cc1. The summed E-state index contributed by atoms with van der Waals surface area (Å²) in [5.74, 6) is 0.714. The van der Waals surface area contributed by atoms with E-state index < -0.39 is 16.1 Å². The molecule has 0 aliphatic heterocycles. The van der Waals surface area contributed by atoms with Gasteiger partial charge in [-0.05, 0) is 88.8 Å². The Morgan fingerprint density at radius 2 is 1.81 bits per heavy atom. The maximum absolute atomic E-state index is 12.4. The van der Waals surface area contributed by atoms with Gasteiger partial charge in [0, 0.05) is 23.6 Å². The highest BCUT2D eigenvalue weighted by molar-refractivity contribution is 7.93. The molecule has 1 aliphatic rings. The number of anilines is 2. The predicted molar refractivity (Wildman–Crippen MR) is 147 cm³/mol. The minimum atomic E-state index is -3.82. The molecule has 9 heteroatoms. The third-order valence-electron chi connectivity index (χ3n) is 5.93. The van der Waals surface area contributed by atoms with Crippen LogP contribution in [0.3, 0.4) is 0 Å². The summed E-state index contributed by atoms with van der Waals surface area (Å²) in [5.41, 5.74) is 6.85. The summed E-state index contributed by atoms with van der Waals surface area (Å²) in [6.45, 7) is 10.3. The predicted octanol–water partition coefficient (Wildman–Crippen LogP) is 5.74. The van der Waals surface area contributed by atoms with Gasteiger partial charge in [-0.15, -0.1) is 0 Å². The van der Waals surface area contributed by atoms with Gasteiger partial charge in [-0.1, -0.05) is 30.7 Å². The third-order valence-corrected chi connectivity index (χ3v) is 7.42. The summed E-state index contributed by atoms with van der Waals surface area (Å²) in [6, 6.07) is 9.12. The van der Waals surface area contributed by atoms with Gasteiger partial charge in [0.05, 0.1) is 4.91 Å². The fraction of sp³-hybridized carbons (Fsp3) is 0.370. The van der Waals surface area contributed by atoms with Gasteiger partial charge in [0.15, 0.2) is 5.82 Å². The molecule has 0 atom stereocenters. The van der Waals surface area contributed by atoms with Crippen molar-refractivity contribution in [3.8, 4) is 0 Å². The third kappa shape index (κ3) is 7.52.